The van der Waals surface area contributed by atoms with E-state index in [1.807, 2.05) is 6.07 Å². The number of benzene rings is 2. The van der Waals surface area contributed by atoms with Crippen LogP contribution < -0.4 is 15.4 Å². The molecule has 7 nitrogen and oxygen atoms in total. The number of fused-ring (bicyclic) bond motifs is 1. The van der Waals surface area contributed by atoms with Crippen LogP contribution in [0.3, 0.4) is 0 Å². The average molecular weight is 666 g/mol. The van der Waals surface area contributed by atoms with Crippen LogP contribution in [-0.4, -0.2) is 77.5 Å². The van der Waals surface area contributed by atoms with Gasteiger partial charge in [0.05, 0.1) is 52.0 Å². The van der Waals surface area contributed by atoms with Crippen LogP contribution in [0.1, 0.15) is 36.1 Å². The number of likely N-dealkylation sites (tertiary alicyclic amines) is 1. The molecule has 1 spiro atoms. The molecular weight excluding hydrogens is 630 g/mol. The van der Waals surface area contributed by atoms with E-state index in [1.165, 1.54) is 29.5 Å². The predicted molar refractivity (Wildman–Crippen MR) is 168 cm³/mol. The van der Waals surface area contributed by atoms with Crippen LogP contribution in [0, 0.1) is 17.3 Å². The Morgan fingerprint density at radius 3 is 2.51 bits per heavy atom. The third-order valence-electron chi connectivity index (χ3n) is 8.82. The maximum atomic E-state index is 13.7. The monoisotopic (exact) mass is 665 g/mol. The van der Waals surface area contributed by atoms with Crippen molar-refractivity contribution in [3.8, 4) is 17.6 Å². The van der Waals surface area contributed by atoms with Gasteiger partial charge < -0.3 is 20.1 Å². The fourth-order valence-corrected chi connectivity index (χ4v) is 8.34. The molecule has 1 aliphatic carbocycles. The molecule has 6 rings (SSSR count). The molecule has 45 heavy (non-hydrogen) atoms. The topological polar surface area (TPSA) is 79.9 Å². The van der Waals surface area contributed by atoms with Gasteiger partial charge >= 0.3 is 6.18 Å². The molecular formula is C32H35F4N3O4S2. The van der Waals surface area contributed by atoms with Crippen LogP contribution in [0.4, 0.5) is 28.9 Å². The van der Waals surface area contributed by atoms with E-state index in [0.717, 1.165) is 68.6 Å². The summed E-state index contributed by atoms with van der Waals surface area (Å²) in [5.41, 5.74) is 1.68. The second kappa shape index (κ2) is 12.6. The van der Waals surface area contributed by atoms with Crippen molar-refractivity contribution in [1.29, 1.82) is 0 Å². The lowest BCUT2D eigenvalue weighted by molar-refractivity contribution is -0.200. The normalized spacial score (nSPS) is 21.4. The highest BCUT2D eigenvalue weighted by Crippen LogP contribution is 2.43. The minimum atomic E-state index is -4.41. The molecule has 0 unspecified atom stereocenters. The minimum Gasteiger partial charge on any atom is -0.461 e. The molecule has 2 aliphatic heterocycles. The van der Waals surface area contributed by atoms with E-state index in [-0.39, 0.29) is 28.8 Å². The van der Waals surface area contributed by atoms with Gasteiger partial charge in [0.25, 0.3) is 0 Å². The van der Waals surface area contributed by atoms with Gasteiger partial charge in [-0.15, -0.1) is 11.3 Å². The summed E-state index contributed by atoms with van der Waals surface area (Å²) < 4.78 is 88.8. The Bertz CT molecular complexity index is 1710. The summed E-state index contributed by atoms with van der Waals surface area (Å²) in [7, 11) is -3.53. The minimum absolute atomic E-state index is 0.00616. The zero-order valence-corrected chi connectivity index (χ0v) is 26.4. The number of anilines is 2. The Morgan fingerprint density at radius 2 is 1.87 bits per heavy atom. The van der Waals surface area contributed by atoms with Crippen molar-refractivity contribution in [2.24, 2.45) is 5.41 Å². The first kappa shape index (κ1) is 31.9. The molecule has 3 aromatic rings. The van der Waals surface area contributed by atoms with Gasteiger partial charge in [-0.1, -0.05) is 24.0 Å². The number of hydrogen-bond donors (Lipinski definition) is 2. The Morgan fingerprint density at radius 1 is 1.11 bits per heavy atom. The maximum absolute atomic E-state index is 13.7. The molecule has 0 radical (unpaired) electrons. The molecule has 0 atom stereocenters. The number of rotatable bonds is 9. The van der Waals surface area contributed by atoms with E-state index in [2.05, 4.69) is 27.4 Å². The van der Waals surface area contributed by atoms with Gasteiger partial charge in [0, 0.05) is 42.9 Å². The second-order valence-corrected chi connectivity index (χ2v) is 15.3. The lowest BCUT2D eigenvalue weighted by atomic mass is 9.75. The van der Waals surface area contributed by atoms with Crippen molar-refractivity contribution >= 4 is 42.6 Å². The average Bonchev–Trinajstić information content (AvgIpc) is 3.27. The number of alkyl halides is 4. The third kappa shape index (κ3) is 7.19. The highest BCUT2D eigenvalue weighted by molar-refractivity contribution is 7.90. The standard InChI is InChI=1S/C32H35F4N3O4S2/c1-45(40,41)23-11-12-26(28(14-23)43-20-33)37-13-3-6-29-25(15-32(34,35)36)24-4-2-5-27(30(24)44-29)38-21-7-9-22(10-8-21)39-16-31(17-39)18-42-19-31/h2,4-5,11-12,14,21-22,37-38H,7-10,13,15-20H2,1H3. The quantitative estimate of drug-likeness (QED) is 0.207. The van der Waals surface area contributed by atoms with Crippen molar-refractivity contribution in [2.75, 3.05) is 56.6 Å². The number of sulfone groups is 1. The van der Waals surface area contributed by atoms with Gasteiger partial charge in [0.15, 0.2) is 9.84 Å². The summed E-state index contributed by atoms with van der Waals surface area (Å²) in [6.45, 7) is 2.84. The van der Waals surface area contributed by atoms with Gasteiger partial charge in [0.2, 0.25) is 6.86 Å². The van der Waals surface area contributed by atoms with Crippen LogP contribution in [0.2, 0.25) is 0 Å². The molecule has 3 aliphatic rings. The lowest BCUT2D eigenvalue weighted by Gasteiger charge is -2.58. The number of ether oxygens (including phenoxy) is 2. The summed E-state index contributed by atoms with van der Waals surface area (Å²) in [5, 5.41) is 7.11. The first-order chi connectivity index (χ1) is 21.4. The van der Waals surface area contributed by atoms with Crippen LogP contribution in [0.15, 0.2) is 41.3 Å². The molecule has 13 heteroatoms. The third-order valence-corrected chi connectivity index (χ3v) is 11.1. The Balaban J connectivity index is 1.16. The molecule has 3 heterocycles. The van der Waals surface area contributed by atoms with Crippen LogP contribution >= 0.6 is 11.3 Å². The van der Waals surface area contributed by atoms with Crippen molar-refractivity contribution in [2.45, 2.75) is 55.3 Å². The van der Waals surface area contributed by atoms with Gasteiger partial charge in [-0.3, -0.25) is 4.90 Å². The summed E-state index contributed by atoms with van der Waals surface area (Å²) in [5.74, 6) is 5.78. The van der Waals surface area contributed by atoms with E-state index in [1.54, 1.807) is 12.1 Å². The summed E-state index contributed by atoms with van der Waals surface area (Å²) in [6, 6.07) is 10.3. The second-order valence-electron chi connectivity index (χ2n) is 12.3. The first-order valence-electron chi connectivity index (χ1n) is 14.9. The number of nitrogens with one attached hydrogen (secondary N) is 2. The molecule has 242 valence electrons. The highest BCUT2D eigenvalue weighted by atomic mass is 32.2. The van der Waals surface area contributed by atoms with Gasteiger partial charge in [0.1, 0.15) is 5.75 Å². The zero-order chi connectivity index (χ0) is 31.8. The summed E-state index contributed by atoms with van der Waals surface area (Å²) >= 11 is 1.24. The fraction of sp³-hybridized carbons (Fsp3) is 0.500. The van der Waals surface area contributed by atoms with Crippen molar-refractivity contribution in [3.63, 3.8) is 0 Å². The smallest absolute Gasteiger partial charge is 0.393 e. The maximum Gasteiger partial charge on any atom is 0.393 e. The van der Waals surface area contributed by atoms with Crippen LogP contribution in [0.5, 0.6) is 5.75 Å². The Labute approximate surface area is 264 Å². The van der Waals surface area contributed by atoms with E-state index < -0.39 is 29.3 Å². The first-order valence-corrected chi connectivity index (χ1v) is 17.6. The van der Waals surface area contributed by atoms with E-state index in [9.17, 15) is 26.0 Å². The highest BCUT2D eigenvalue weighted by Gasteiger charge is 2.50. The van der Waals surface area contributed by atoms with Crippen molar-refractivity contribution in [3.05, 3.63) is 46.8 Å². The Hall–Kier alpha value is -3.05. The molecule has 1 aromatic heterocycles. The van der Waals surface area contributed by atoms with Gasteiger partial charge in [-0.05, 0) is 54.8 Å². The fourth-order valence-electron chi connectivity index (χ4n) is 6.53. The van der Waals surface area contributed by atoms with E-state index in [0.29, 0.717) is 27.4 Å². The van der Waals surface area contributed by atoms with Gasteiger partial charge in [-0.2, -0.15) is 13.2 Å². The van der Waals surface area contributed by atoms with Crippen molar-refractivity contribution in [1.82, 2.24) is 4.90 Å². The molecule has 0 bridgehead atoms. The lowest BCUT2D eigenvalue weighted by Crippen LogP contribution is -2.68. The van der Waals surface area contributed by atoms with Gasteiger partial charge in [-0.25, -0.2) is 12.8 Å². The zero-order valence-electron chi connectivity index (χ0n) is 24.8. The van der Waals surface area contributed by atoms with Crippen LogP contribution in [-0.2, 0) is 21.0 Å². The number of halogens is 4. The molecule has 2 N–H and O–H groups in total. The Kier molecular flexibility index (Phi) is 8.95. The summed E-state index contributed by atoms with van der Waals surface area (Å²) in [6.07, 6.45) is -0.295. The summed E-state index contributed by atoms with van der Waals surface area (Å²) in [4.78, 5) is 2.87. The molecule has 2 aromatic carbocycles. The number of hydrogen-bond acceptors (Lipinski definition) is 8. The molecule has 3 fully saturated rings. The van der Waals surface area contributed by atoms with Crippen LogP contribution in [0.25, 0.3) is 10.1 Å². The largest absolute Gasteiger partial charge is 0.461 e. The molecule has 2 saturated heterocycles. The molecule has 1 saturated carbocycles. The predicted octanol–water partition coefficient (Wildman–Crippen LogP) is 6.23. The molecule has 0 amide bonds. The SMILES string of the molecule is CS(=O)(=O)c1ccc(NCC#Cc2sc3c(NC4CCC(N5CC6(COC6)C5)CC4)cccc3c2CC(F)(F)F)c(OCF)c1. The van der Waals surface area contributed by atoms with E-state index in [4.69, 9.17) is 9.47 Å². The number of nitrogens with zero attached hydrogens (tertiary/aromatic N) is 1. The van der Waals surface area contributed by atoms with Crippen molar-refractivity contribution < 1.29 is 35.5 Å². The van der Waals surface area contributed by atoms with E-state index >= 15 is 0 Å². The number of thiophene rings is 1.